The van der Waals surface area contributed by atoms with E-state index in [2.05, 4.69) is 21.2 Å². The van der Waals surface area contributed by atoms with E-state index in [0.717, 1.165) is 25.7 Å². The topological polar surface area (TPSA) is 98.3 Å². The smallest absolute Gasteiger partial charge is 0.270 e. The van der Waals surface area contributed by atoms with Crippen molar-refractivity contribution in [2.24, 2.45) is 11.7 Å². The lowest BCUT2D eigenvalue weighted by molar-refractivity contribution is -0.384. The second-order valence-electron chi connectivity index (χ2n) is 5.28. The molecule has 1 aliphatic rings. The molecule has 1 aliphatic carbocycles. The molecule has 1 aromatic carbocycles. The van der Waals surface area contributed by atoms with Crippen molar-refractivity contribution in [1.82, 2.24) is 5.32 Å². The summed E-state index contributed by atoms with van der Waals surface area (Å²) in [6, 6.07) is 4.22. The molecule has 0 heterocycles. The zero-order valence-electron chi connectivity index (χ0n) is 11.5. The molecule has 114 valence electrons. The largest absolute Gasteiger partial charge is 0.349 e. The third-order valence-corrected chi connectivity index (χ3v) is 4.63. The molecule has 0 radical (unpaired) electrons. The van der Waals surface area contributed by atoms with Crippen molar-refractivity contribution in [3.05, 3.63) is 38.3 Å². The van der Waals surface area contributed by atoms with Gasteiger partial charge in [-0.15, -0.1) is 0 Å². The number of hydrogen-bond acceptors (Lipinski definition) is 4. The predicted octanol–water partition coefficient (Wildman–Crippen LogP) is 2.60. The number of carbonyl (C=O) groups excluding carboxylic acids is 1. The highest BCUT2D eigenvalue weighted by Gasteiger charge is 2.26. The minimum atomic E-state index is -0.507. The molecular weight excluding hydrogens is 338 g/mol. The number of hydrogen-bond donors (Lipinski definition) is 2. The van der Waals surface area contributed by atoms with Gasteiger partial charge in [0.15, 0.2) is 0 Å². The maximum Gasteiger partial charge on any atom is 0.270 e. The Balaban J connectivity index is 2.16. The Morgan fingerprint density at radius 1 is 1.43 bits per heavy atom. The molecule has 3 N–H and O–H groups in total. The molecule has 2 unspecified atom stereocenters. The highest BCUT2D eigenvalue weighted by Crippen LogP contribution is 2.26. The molecule has 0 aliphatic heterocycles. The molecule has 0 aromatic heterocycles. The van der Waals surface area contributed by atoms with Gasteiger partial charge in [-0.1, -0.05) is 12.8 Å². The first-order chi connectivity index (χ1) is 10.0. The SMILES string of the molecule is NCC1CCCCC1NC(=O)c1cc([N+](=O)[O-])ccc1Br. The van der Waals surface area contributed by atoms with E-state index in [-0.39, 0.29) is 29.1 Å². The second kappa shape index (κ2) is 7.00. The Hall–Kier alpha value is -1.47. The third-order valence-electron chi connectivity index (χ3n) is 3.93. The average Bonchev–Trinajstić information content (AvgIpc) is 2.47. The van der Waals surface area contributed by atoms with E-state index in [1.807, 2.05) is 0 Å². The Morgan fingerprint density at radius 2 is 2.14 bits per heavy atom. The number of amides is 1. The molecule has 2 rings (SSSR count). The minimum Gasteiger partial charge on any atom is -0.349 e. The fourth-order valence-corrected chi connectivity index (χ4v) is 3.15. The van der Waals surface area contributed by atoms with Gasteiger partial charge in [0.25, 0.3) is 11.6 Å². The van der Waals surface area contributed by atoms with E-state index < -0.39 is 4.92 Å². The van der Waals surface area contributed by atoms with Gasteiger partial charge in [-0.2, -0.15) is 0 Å². The third kappa shape index (κ3) is 3.79. The van der Waals surface area contributed by atoms with Crippen LogP contribution in [0.2, 0.25) is 0 Å². The Labute approximate surface area is 131 Å². The van der Waals surface area contributed by atoms with Gasteiger partial charge >= 0.3 is 0 Å². The zero-order chi connectivity index (χ0) is 15.4. The number of benzene rings is 1. The fourth-order valence-electron chi connectivity index (χ4n) is 2.73. The molecule has 0 saturated heterocycles. The number of rotatable bonds is 4. The first-order valence-corrected chi connectivity index (χ1v) is 7.77. The van der Waals surface area contributed by atoms with Crippen molar-refractivity contribution in [1.29, 1.82) is 0 Å². The maximum atomic E-state index is 12.4. The quantitative estimate of drug-likeness (QED) is 0.640. The summed E-state index contributed by atoms with van der Waals surface area (Å²) in [5.74, 6) is -0.0175. The summed E-state index contributed by atoms with van der Waals surface area (Å²) in [5, 5.41) is 13.8. The lowest BCUT2D eigenvalue weighted by atomic mass is 9.84. The second-order valence-corrected chi connectivity index (χ2v) is 6.14. The van der Waals surface area contributed by atoms with E-state index in [1.54, 1.807) is 0 Å². The summed E-state index contributed by atoms with van der Waals surface area (Å²) in [4.78, 5) is 22.7. The van der Waals surface area contributed by atoms with Crippen LogP contribution in [0.4, 0.5) is 5.69 Å². The Kier molecular flexibility index (Phi) is 5.30. The van der Waals surface area contributed by atoms with Crippen molar-refractivity contribution in [2.75, 3.05) is 6.54 Å². The first kappa shape index (κ1) is 15.9. The van der Waals surface area contributed by atoms with Gasteiger partial charge < -0.3 is 11.1 Å². The van der Waals surface area contributed by atoms with E-state index in [4.69, 9.17) is 5.73 Å². The molecular formula is C14H18BrN3O3. The molecule has 6 nitrogen and oxygen atoms in total. The standard InChI is InChI=1S/C14H18BrN3O3/c15-12-6-5-10(18(20)21)7-11(12)14(19)17-13-4-2-1-3-9(13)8-16/h5-7,9,13H,1-4,8,16H2,(H,17,19). The molecule has 21 heavy (non-hydrogen) atoms. The average molecular weight is 356 g/mol. The van der Waals surface area contributed by atoms with Crippen LogP contribution in [0.25, 0.3) is 0 Å². The lowest BCUT2D eigenvalue weighted by Crippen LogP contribution is -2.44. The molecule has 2 atom stereocenters. The monoisotopic (exact) mass is 355 g/mol. The van der Waals surface area contributed by atoms with E-state index in [1.165, 1.54) is 18.2 Å². The zero-order valence-corrected chi connectivity index (χ0v) is 13.1. The van der Waals surface area contributed by atoms with E-state index in [0.29, 0.717) is 11.0 Å². The van der Waals surface area contributed by atoms with Crippen molar-refractivity contribution >= 4 is 27.5 Å². The number of nitrogens with two attached hydrogens (primary N) is 1. The summed E-state index contributed by atoms with van der Waals surface area (Å²) < 4.78 is 0.547. The van der Waals surface area contributed by atoms with Gasteiger partial charge in [0, 0.05) is 22.6 Å². The molecule has 1 aromatic rings. The van der Waals surface area contributed by atoms with Crippen molar-refractivity contribution < 1.29 is 9.72 Å². The van der Waals surface area contributed by atoms with E-state index in [9.17, 15) is 14.9 Å². The van der Waals surface area contributed by atoms with Crippen molar-refractivity contribution in [3.8, 4) is 0 Å². The van der Waals surface area contributed by atoms with Gasteiger partial charge in [-0.3, -0.25) is 14.9 Å². The normalized spacial score (nSPS) is 21.8. The van der Waals surface area contributed by atoms with Crippen LogP contribution in [0.15, 0.2) is 22.7 Å². The highest BCUT2D eigenvalue weighted by molar-refractivity contribution is 9.10. The summed E-state index contributed by atoms with van der Waals surface area (Å²) in [7, 11) is 0. The number of nitro groups is 1. The minimum absolute atomic E-state index is 0.0439. The van der Waals surface area contributed by atoms with Crippen LogP contribution < -0.4 is 11.1 Å². The van der Waals surface area contributed by atoms with Crippen LogP contribution in [-0.4, -0.2) is 23.4 Å². The van der Waals surface area contributed by atoms with Gasteiger partial charge in [0.2, 0.25) is 0 Å². The molecule has 7 heteroatoms. The molecule has 0 spiro atoms. The summed E-state index contributed by atoms with van der Waals surface area (Å²) in [6.45, 7) is 0.543. The van der Waals surface area contributed by atoms with Gasteiger partial charge in [-0.05, 0) is 47.3 Å². The lowest BCUT2D eigenvalue weighted by Gasteiger charge is -2.31. The van der Waals surface area contributed by atoms with Crippen LogP contribution in [0.1, 0.15) is 36.0 Å². The molecule has 1 amide bonds. The van der Waals surface area contributed by atoms with Crippen molar-refractivity contribution in [3.63, 3.8) is 0 Å². The fraction of sp³-hybridized carbons (Fsp3) is 0.500. The Morgan fingerprint density at radius 3 is 2.81 bits per heavy atom. The highest BCUT2D eigenvalue weighted by atomic mass is 79.9. The van der Waals surface area contributed by atoms with E-state index >= 15 is 0 Å². The summed E-state index contributed by atoms with van der Waals surface area (Å²) >= 11 is 3.27. The number of nitrogens with zero attached hydrogens (tertiary/aromatic N) is 1. The van der Waals surface area contributed by atoms with Crippen LogP contribution >= 0.6 is 15.9 Å². The number of halogens is 1. The van der Waals surface area contributed by atoms with Crippen LogP contribution in [0, 0.1) is 16.0 Å². The molecule has 1 saturated carbocycles. The number of non-ortho nitro benzene ring substituents is 1. The van der Waals surface area contributed by atoms with Gasteiger partial charge in [0.05, 0.1) is 10.5 Å². The Bertz CT molecular complexity index is 550. The van der Waals surface area contributed by atoms with Crippen LogP contribution in [0.5, 0.6) is 0 Å². The summed E-state index contributed by atoms with van der Waals surface area (Å²) in [6.07, 6.45) is 4.12. The number of nitro benzene ring substituents is 1. The summed E-state index contributed by atoms with van der Waals surface area (Å²) in [5.41, 5.74) is 5.94. The number of carbonyl (C=O) groups is 1. The molecule has 1 fully saturated rings. The van der Waals surface area contributed by atoms with Gasteiger partial charge in [-0.25, -0.2) is 0 Å². The van der Waals surface area contributed by atoms with Crippen molar-refractivity contribution in [2.45, 2.75) is 31.7 Å². The molecule has 0 bridgehead atoms. The maximum absolute atomic E-state index is 12.4. The van der Waals surface area contributed by atoms with Crippen LogP contribution in [0.3, 0.4) is 0 Å². The van der Waals surface area contributed by atoms with Crippen LogP contribution in [-0.2, 0) is 0 Å². The first-order valence-electron chi connectivity index (χ1n) is 6.97. The predicted molar refractivity (Wildman–Crippen MR) is 83.1 cm³/mol. The number of nitrogens with one attached hydrogen (secondary N) is 1. The van der Waals surface area contributed by atoms with Gasteiger partial charge in [0.1, 0.15) is 0 Å².